The van der Waals surface area contributed by atoms with Crippen LogP contribution in [0.25, 0.3) is 0 Å². The predicted molar refractivity (Wildman–Crippen MR) is 90.0 cm³/mol. The maximum Gasteiger partial charge on any atom is 0.133 e. The van der Waals surface area contributed by atoms with Crippen LogP contribution in [0.2, 0.25) is 0 Å². The van der Waals surface area contributed by atoms with E-state index < -0.39 is 0 Å². The zero-order valence-corrected chi connectivity index (χ0v) is 13.5. The summed E-state index contributed by atoms with van der Waals surface area (Å²) in [5.41, 5.74) is 4.10. The van der Waals surface area contributed by atoms with Gasteiger partial charge in [-0.15, -0.1) is 11.8 Å². The molecule has 0 unspecified atom stereocenters. The molecular formula is C19H23N3. The van der Waals surface area contributed by atoms with E-state index in [1.54, 1.807) is 0 Å². The lowest BCUT2D eigenvalue weighted by molar-refractivity contribution is 0.177. The first-order valence-corrected chi connectivity index (χ1v) is 8.40. The monoisotopic (exact) mass is 293 g/mol. The van der Waals surface area contributed by atoms with Crippen molar-refractivity contribution in [2.24, 2.45) is 10.9 Å². The van der Waals surface area contributed by atoms with Crippen LogP contribution in [0.5, 0.6) is 0 Å². The molecule has 3 nitrogen and oxygen atoms in total. The molecule has 0 saturated carbocycles. The number of aliphatic imine (C=N–C) groups is 1. The molecule has 0 radical (unpaired) electrons. The molecule has 0 atom stereocenters. The Hall–Kier alpha value is -1.95. The zero-order valence-electron chi connectivity index (χ0n) is 13.5. The van der Waals surface area contributed by atoms with Crippen molar-refractivity contribution < 1.29 is 0 Å². The standard InChI is InChI=1S/C19H23N3/c1-14(15-10-11-15)18-20-17-9-6-4-3-5-8-16(17)19(21(18)2)22-12-7-13-22/h10-11,15H,5-9,12-13H2,1-2H3/b18-14-. The average molecular weight is 293 g/mol. The summed E-state index contributed by atoms with van der Waals surface area (Å²) in [4.78, 5) is 9.92. The summed E-state index contributed by atoms with van der Waals surface area (Å²) in [6.45, 7) is 4.58. The molecule has 1 fully saturated rings. The number of rotatable bonds is 2. The SMILES string of the molecule is C/C(=C1\N=C2CCC#CCCC2=C(N2CCC2)N1C)C1C=C1. The maximum atomic E-state index is 5.07. The van der Waals surface area contributed by atoms with Crippen LogP contribution in [0.15, 0.2) is 39.9 Å². The Morgan fingerprint density at radius 1 is 1.18 bits per heavy atom. The highest BCUT2D eigenvalue weighted by molar-refractivity contribution is 6.02. The zero-order chi connectivity index (χ0) is 15.1. The number of fused-ring (bicyclic) bond motifs is 1. The Labute approximate surface area is 133 Å². The van der Waals surface area contributed by atoms with Crippen LogP contribution in [-0.4, -0.2) is 35.6 Å². The number of allylic oxidation sites excluding steroid dienone is 4. The van der Waals surface area contributed by atoms with Crippen LogP contribution in [0.1, 0.15) is 39.0 Å². The van der Waals surface area contributed by atoms with E-state index in [2.05, 4.69) is 47.8 Å². The highest BCUT2D eigenvalue weighted by Crippen LogP contribution is 2.37. The van der Waals surface area contributed by atoms with Gasteiger partial charge in [-0.2, -0.15) is 0 Å². The lowest BCUT2D eigenvalue weighted by Crippen LogP contribution is -2.45. The lowest BCUT2D eigenvalue weighted by Gasteiger charge is -2.43. The Morgan fingerprint density at radius 3 is 2.55 bits per heavy atom. The fraction of sp³-hybridized carbons (Fsp3) is 0.526. The molecule has 2 aliphatic carbocycles. The van der Waals surface area contributed by atoms with Crippen molar-refractivity contribution in [3.8, 4) is 11.8 Å². The van der Waals surface area contributed by atoms with E-state index in [9.17, 15) is 0 Å². The van der Waals surface area contributed by atoms with Crippen molar-refractivity contribution >= 4 is 5.71 Å². The molecule has 2 aliphatic heterocycles. The molecule has 0 amide bonds. The first kappa shape index (κ1) is 13.7. The summed E-state index contributed by atoms with van der Waals surface area (Å²) in [6.07, 6.45) is 9.73. The first-order valence-electron chi connectivity index (χ1n) is 8.40. The number of likely N-dealkylation sites (tertiary alicyclic amines) is 1. The highest BCUT2D eigenvalue weighted by Gasteiger charge is 2.32. The van der Waals surface area contributed by atoms with E-state index in [1.807, 2.05) is 0 Å². The predicted octanol–water partition coefficient (Wildman–Crippen LogP) is 3.29. The minimum Gasteiger partial charge on any atom is -0.358 e. The van der Waals surface area contributed by atoms with Gasteiger partial charge in [0.1, 0.15) is 11.6 Å². The van der Waals surface area contributed by atoms with Crippen molar-refractivity contribution in [1.29, 1.82) is 0 Å². The number of nitrogens with zero attached hydrogens (tertiary/aromatic N) is 3. The Balaban J connectivity index is 1.79. The van der Waals surface area contributed by atoms with Gasteiger partial charge in [0.05, 0.1) is 5.71 Å². The third kappa shape index (κ3) is 2.27. The first-order chi connectivity index (χ1) is 10.8. The van der Waals surface area contributed by atoms with Gasteiger partial charge in [0.2, 0.25) is 0 Å². The molecule has 0 aromatic carbocycles. The molecule has 0 aromatic heterocycles. The summed E-state index contributed by atoms with van der Waals surface area (Å²) in [7, 11) is 2.19. The van der Waals surface area contributed by atoms with E-state index in [-0.39, 0.29) is 0 Å². The van der Waals surface area contributed by atoms with E-state index in [0.717, 1.165) is 31.5 Å². The van der Waals surface area contributed by atoms with Crippen LogP contribution in [0, 0.1) is 17.8 Å². The maximum absolute atomic E-state index is 5.07. The van der Waals surface area contributed by atoms with Crippen molar-refractivity contribution in [3.05, 3.63) is 34.9 Å². The molecule has 4 rings (SSSR count). The van der Waals surface area contributed by atoms with Gasteiger partial charge in [-0.3, -0.25) is 0 Å². The number of hydrogen-bond donors (Lipinski definition) is 0. The summed E-state index contributed by atoms with van der Waals surface area (Å²) in [5.74, 6) is 9.65. The second-order valence-electron chi connectivity index (χ2n) is 6.53. The molecule has 22 heavy (non-hydrogen) atoms. The summed E-state index contributed by atoms with van der Waals surface area (Å²) >= 11 is 0. The number of hydrogen-bond acceptors (Lipinski definition) is 3. The summed E-state index contributed by atoms with van der Waals surface area (Å²) < 4.78 is 0. The van der Waals surface area contributed by atoms with Crippen molar-refractivity contribution in [1.82, 2.24) is 9.80 Å². The molecule has 2 heterocycles. The molecule has 0 N–H and O–H groups in total. The Morgan fingerprint density at radius 2 is 1.91 bits per heavy atom. The van der Waals surface area contributed by atoms with Gasteiger partial charge in [0.15, 0.2) is 0 Å². The van der Waals surface area contributed by atoms with Crippen molar-refractivity contribution in [2.45, 2.75) is 39.0 Å². The van der Waals surface area contributed by atoms with Gasteiger partial charge in [-0.25, -0.2) is 4.99 Å². The van der Waals surface area contributed by atoms with E-state index in [0.29, 0.717) is 5.92 Å². The van der Waals surface area contributed by atoms with Gasteiger partial charge in [-0.05, 0) is 25.3 Å². The minimum atomic E-state index is 0.523. The van der Waals surface area contributed by atoms with E-state index in [4.69, 9.17) is 4.99 Å². The third-order valence-corrected chi connectivity index (χ3v) is 5.00. The van der Waals surface area contributed by atoms with Gasteiger partial charge < -0.3 is 9.80 Å². The van der Waals surface area contributed by atoms with Crippen LogP contribution >= 0.6 is 0 Å². The van der Waals surface area contributed by atoms with Crippen molar-refractivity contribution in [3.63, 3.8) is 0 Å². The topological polar surface area (TPSA) is 18.8 Å². The average Bonchev–Trinajstić information content (AvgIpc) is 3.25. The van der Waals surface area contributed by atoms with Crippen LogP contribution < -0.4 is 0 Å². The molecule has 0 spiro atoms. The molecule has 0 bridgehead atoms. The molecule has 1 saturated heterocycles. The van der Waals surface area contributed by atoms with Crippen molar-refractivity contribution in [2.75, 3.05) is 20.1 Å². The van der Waals surface area contributed by atoms with Gasteiger partial charge in [0.25, 0.3) is 0 Å². The molecule has 3 heteroatoms. The fourth-order valence-electron chi connectivity index (χ4n) is 3.49. The molecule has 4 aliphatic rings. The van der Waals surface area contributed by atoms with Crippen LogP contribution in [0.3, 0.4) is 0 Å². The molecule has 0 aromatic rings. The quantitative estimate of drug-likeness (QED) is 0.575. The minimum absolute atomic E-state index is 0.523. The molecular weight excluding hydrogens is 270 g/mol. The van der Waals surface area contributed by atoms with Gasteiger partial charge in [-0.1, -0.05) is 12.2 Å². The largest absolute Gasteiger partial charge is 0.358 e. The van der Waals surface area contributed by atoms with Gasteiger partial charge in [0, 0.05) is 50.9 Å². The Kier molecular flexibility index (Phi) is 3.33. The van der Waals surface area contributed by atoms with Crippen LogP contribution in [0.4, 0.5) is 0 Å². The molecule has 114 valence electrons. The smallest absolute Gasteiger partial charge is 0.133 e. The van der Waals surface area contributed by atoms with E-state index >= 15 is 0 Å². The normalized spacial score (nSPS) is 26.4. The summed E-state index contributed by atoms with van der Waals surface area (Å²) in [6, 6.07) is 0. The van der Waals surface area contributed by atoms with Crippen LogP contribution in [-0.2, 0) is 0 Å². The van der Waals surface area contributed by atoms with Gasteiger partial charge >= 0.3 is 0 Å². The third-order valence-electron chi connectivity index (χ3n) is 5.00. The second-order valence-corrected chi connectivity index (χ2v) is 6.53. The second kappa shape index (κ2) is 5.35. The van der Waals surface area contributed by atoms with E-state index in [1.165, 1.54) is 42.2 Å². The summed E-state index contributed by atoms with van der Waals surface area (Å²) in [5, 5.41) is 0. The fourth-order valence-corrected chi connectivity index (χ4v) is 3.49. The lowest BCUT2D eigenvalue weighted by atomic mass is 9.95. The Bertz CT molecular complexity index is 671. The highest BCUT2D eigenvalue weighted by atomic mass is 15.4.